The van der Waals surface area contributed by atoms with Gasteiger partial charge in [0.1, 0.15) is 12.6 Å². The summed E-state index contributed by atoms with van der Waals surface area (Å²) >= 11 is 6.03. The first-order valence-corrected chi connectivity index (χ1v) is 14.8. The third-order valence-electron chi connectivity index (χ3n) is 6.04. The van der Waals surface area contributed by atoms with E-state index in [0.717, 1.165) is 21.7 Å². The van der Waals surface area contributed by atoms with E-state index in [1.807, 2.05) is 32.9 Å². The van der Waals surface area contributed by atoms with Crippen molar-refractivity contribution in [1.82, 2.24) is 10.2 Å². The Morgan fingerprint density at radius 2 is 1.57 bits per heavy atom. The lowest BCUT2D eigenvalue weighted by atomic mass is 9.87. The molecule has 2 amide bonds. The topological polar surface area (TPSA) is 86.8 Å². The van der Waals surface area contributed by atoms with Crippen molar-refractivity contribution in [3.8, 4) is 0 Å². The van der Waals surface area contributed by atoms with Gasteiger partial charge in [-0.05, 0) is 53.1 Å². The number of hydrogen-bond donors (Lipinski definition) is 1. The van der Waals surface area contributed by atoms with Crippen LogP contribution < -0.4 is 9.62 Å². The van der Waals surface area contributed by atoms with Crippen molar-refractivity contribution >= 4 is 39.1 Å². The van der Waals surface area contributed by atoms with E-state index in [-0.39, 0.29) is 23.8 Å². The summed E-state index contributed by atoms with van der Waals surface area (Å²) in [7, 11) is -3.78. The minimum Gasteiger partial charge on any atom is -0.354 e. The molecule has 37 heavy (non-hydrogen) atoms. The molecular weight excluding hydrogens is 510 g/mol. The Labute approximate surface area is 227 Å². The van der Waals surface area contributed by atoms with Gasteiger partial charge in [-0.25, -0.2) is 8.42 Å². The van der Waals surface area contributed by atoms with Crippen molar-refractivity contribution in [3.63, 3.8) is 0 Å². The van der Waals surface area contributed by atoms with Gasteiger partial charge in [-0.2, -0.15) is 0 Å². The Morgan fingerprint density at radius 3 is 2.03 bits per heavy atom. The van der Waals surface area contributed by atoms with Gasteiger partial charge in [0.15, 0.2) is 0 Å². The van der Waals surface area contributed by atoms with Crippen molar-refractivity contribution in [2.45, 2.75) is 66.0 Å². The van der Waals surface area contributed by atoms with Gasteiger partial charge in [0.05, 0.1) is 11.9 Å². The van der Waals surface area contributed by atoms with Crippen LogP contribution in [-0.4, -0.2) is 50.5 Å². The number of hydrogen-bond acceptors (Lipinski definition) is 4. The number of halogens is 1. The van der Waals surface area contributed by atoms with Crippen LogP contribution in [0.25, 0.3) is 0 Å². The maximum Gasteiger partial charge on any atom is 0.244 e. The van der Waals surface area contributed by atoms with E-state index in [4.69, 9.17) is 11.6 Å². The number of rotatable bonds is 11. The van der Waals surface area contributed by atoms with Gasteiger partial charge in [-0.1, -0.05) is 77.4 Å². The standard InChI is InChI=1S/C28H40ClN3O4S/c1-8-25(27(34)30-17-20(2)3)31(18-21-9-13-23(29)14-10-21)26(33)19-32(37(7,35)36)24-15-11-22(12-16-24)28(4,5)6/h9-16,20,25H,8,17-19H2,1-7H3,(H,30,34)/t25-/m1/s1. The van der Waals surface area contributed by atoms with Crippen LogP contribution in [-0.2, 0) is 31.6 Å². The highest BCUT2D eigenvalue weighted by Crippen LogP contribution is 2.26. The van der Waals surface area contributed by atoms with Gasteiger partial charge in [-0.3, -0.25) is 13.9 Å². The lowest BCUT2D eigenvalue weighted by molar-refractivity contribution is -0.140. The van der Waals surface area contributed by atoms with Crippen molar-refractivity contribution in [2.24, 2.45) is 5.92 Å². The van der Waals surface area contributed by atoms with Crippen LogP contribution in [0.2, 0.25) is 5.02 Å². The molecule has 2 rings (SSSR count). The second-order valence-electron chi connectivity index (χ2n) is 10.8. The third-order valence-corrected chi connectivity index (χ3v) is 7.43. The number of amides is 2. The summed E-state index contributed by atoms with van der Waals surface area (Å²) in [5, 5.41) is 3.47. The summed E-state index contributed by atoms with van der Waals surface area (Å²) in [6, 6.07) is 13.4. The second kappa shape index (κ2) is 12.8. The Morgan fingerprint density at radius 1 is 1.00 bits per heavy atom. The van der Waals surface area contributed by atoms with Crippen LogP contribution in [0.5, 0.6) is 0 Å². The van der Waals surface area contributed by atoms with E-state index < -0.39 is 28.5 Å². The minimum atomic E-state index is -3.78. The van der Waals surface area contributed by atoms with E-state index in [1.165, 1.54) is 4.90 Å². The number of carbonyl (C=O) groups is 2. The zero-order valence-corrected chi connectivity index (χ0v) is 24.5. The highest BCUT2D eigenvalue weighted by Gasteiger charge is 2.32. The zero-order valence-electron chi connectivity index (χ0n) is 22.9. The molecule has 9 heteroatoms. The molecule has 1 N–H and O–H groups in total. The van der Waals surface area contributed by atoms with Gasteiger partial charge < -0.3 is 10.2 Å². The van der Waals surface area contributed by atoms with Gasteiger partial charge in [0.25, 0.3) is 0 Å². The Kier molecular flexibility index (Phi) is 10.6. The van der Waals surface area contributed by atoms with Gasteiger partial charge >= 0.3 is 0 Å². The first kappa shape index (κ1) is 30.6. The smallest absolute Gasteiger partial charge is 0.244 e. The average Bonchev–Trinajstić information content (AvgIpc) is 2.81. The molecule has 1 atom stereocenters. The van der Waals surface area contributed by atoms with Gasteiger partial charge in [-0.15, -0.1) is 0 Å². The maximum atomic E-state index is 13.7. The monoisotopic (exact) mass is 549 g/mol. The molecule has 7 nitrogen and oxygen atoms in total. The van der Waals surface area contributed by atoms with Crippen LogP contribution in [0.1, 0.15) is 59.1 Å². The molecule has 0 heterocycles. The summed E-state index contributed by atoms with van der Waals surface area (Å²) in [6.07, 6.45) is 1.45. The fourth-order valence-corrected chi connectivity index (χ4v) is 4.85. The highest BCUT2D eigenvalue weighted by molar-refractivity contribution is 7.92. The molecule has 0 fully saturated rings. The summed E-state index contributed by atoms with van der Waals surface area (Å²) in [6.45, 7) is 12.2. The Bertz CT molecular complexity index is 1160. The SMILES string of the molecule is CC[C@H](C(=O)NCC(C)C)N(Cc1ccc(Cl)cc1)C(=O)CN(c1ccc(C(C)(C)C)cc1)S(C)(=O)=O. The number of carbonyl (C=O) groups excluding carboxylic acids is 2. The molecule has 0 saturated heterocycles. The molecule has 204 valence electrons. The molecule has 0 aromatic heterocycles. The quantitative estimate of drug-likeness (QED) is 0.428. The van der Waals surface area contributed by atoms with E-state index in [0.29, 0.717) is 23.7 Å². The minimum absolute atomic E-state index is 0.0999. The molecule has 0 spiro atoms. The zero-order chi connectivity index (χ0) is 28.0. The number of sulfonamides is 1. The van der Waals surface area contributed by atoms with E-state index in [2.05, 4.69) is 26.1 Å². The highest BCUT2D eigenvalue weighted by atomic mass is 35.5. The fourth-order valence-electron chi connectivity index (χ4n) is 3.87. The van der Waals surface area contributed by atoms with E-state index >= 15 is 0 Å². The summed E-state index contributed by atoms with van der Waals surface area (Å²) in [5.74, 6) is -0.482. The predicted molar refractivity (Wildman–Crippen MR) is 151 cm³/mol. The number of nitrogens with one attached hydrogen (secondary N) is 1. The van der Waals surface area contributed by atoms with Crippen LogP contribution in [0, 0.1) is 5.92 Å². The first-order chi connectivity index (χ1) is 17.1. The molecule has 2 aromatic carbocycles. The predicted octanol–water partition coefficient (Wildman–Crippen LogP) is 4.98. The van der Waals surface area contributed by atoms with Gasteiger partial charge in [0.2, 0.25) is 21.8 Å². The molecular formula is C28H40ClN3O4S. The summed E-state index contributed by atoms with van der Waals surface area (Å²) in [5.41, 5.74) is 2.13. The molecule has 0 aliphatic heterocycles. The molecule has 0 radical (unpaired) electrons. The maximum absolute atomic E-state index is 13.7. The number of nitrogens with zero attached hydrogens (tertiary/aromatic N) is 2. The Balaban J connectivity index is 2.42. The fraction of sp³-hybridized carbons (Fsp3) is 0.500. The molecule has 0 bridgehead atoms. The summed E-state index contributed by atoms with van der Waals surface area (Å²) < 4.78 is 26.7. The van der Waals surface area contributed by atoms with Crippen LogP contribution in [0.4, 0.5) is 5.69 Å². The second-order valence-corrected chi connectivity index (χ2v) is 13.1. The number of benzene rings is 2. The first-order valence-electron chi connectivity index (χ1n) is 12.5. The van der Waals surface area contributed by atoms with E-state index in [9.17, 15) is 18.0 Å². The lowest BCUT2D eigenvalue weighted by Crippen LogP contribution is -2.52. The van der Waals surface area contributed by atoms with Crippen molar-refractivity contribution in [1.29, 1.82) is 0 Å². The van der Waals surface area contributed by atoms with Crippen molar-refractivity contribution in [3.05, 3.63) is 64.7 Å². The third kappa shape index (κ3) is 9.04. The average molecular weight is 550 g/mol. The van der Waals surface area contributed by atoms with E-state index in [1.54, 1.807) is 36.4 Å². The van der Waals surface area contributed by atoms with Crippen LogP contribution in [0.15, 0.2) is 48.5 Å². The number of anilines is 1. The molecule has 2 aromatic rings. The lowest BCUT2D eigenvalue weighted by Gasteiger charge is -2.33. The largest absolute Gasteiger partial charge is 0.354 e. The normalized spacial score (nSPS) is 12.8. The van der Waals surface area contributed by atoms with Crippen molar-refractivity contribution in [2.75, 3.05) is 23.7 Å². The molecule has 0 aliphatic rings. The molecule has 0 saturated carbocycles. The molecule has 0 unspecified atom stereocenters. The Hall–Kier alpha value is -2.58. The molecule has 0 aliphatic carbocycles. The summed E-state index contributed by atoms with van der Waals surface area (Å²) in [4.78, 5) is 28.3. The van der Waals surface area contributed by atoms with Crippen LogP contribution >= 0.6 is 11.6 Å². The van der Waals surface area contributed by atoms with Crippen LogP contribution in [0.3, 0.4) is 0 Å². The van der Waals surface area contributed by atoms with Gasteiger partial charge in [0, 0.05) is 18.1 Å². The van der Waals surface area contributed by atoms with Crippen molar-refractivity contribution < 1.29 is 18.0 Å².